The molecule has 1 aromatic heterocycles. The number of halogens is 1. The van der Waals surface area contributed by atoms with Crippen LogP contribution in [0.5, 0.6) is 0 Å². The lowest BCUT2D eigenvalue weighted by Gasteiger charge is -2.15. The molecule has 18 heavy (non-hydrogen) atoms. The molecule has 0 aliphatic rings. The van der Waals surface area contributed by atoms with Crippen molar-refractivity contribution >= 4 is 33.3 Å². The van der Waals surface area contributed by atoms with Gasteiger partial charge in [0.05, 0.1) is 9.40 Å². The molecular weight excluding hydrogens is 306 g/mol. The first kappa shape index (κ1) is 14.4. The van der Waals surface area contributed by atoms with Crippen LogP contribution in [0.4, 0.5) is 11.4 Å². The summed E-state index contributed by atoms with van der Waals surface area (Å²) in [5.74, 6) is -0.896. The Kier molecular flexibility index (Phi) is 5.02. The van der Waals surface area contributed by atoms with E-state index in [9.17, 15) is 14.9 Å². The third-order valence-electron chi connectivity index (χ3n) is 2.26. The first-order valence-electron chi connectivity index (χ1n) is 5.18. The molecule has 8 heteroatoms. The largest absolute Gasteiger partial charge is 0.481 e. The molecule has 0 radical (unpaired) electrons. The molecule has 0 aliphatic carbocycles. The van der Waals surface area contributed by atoms with Crippen molar-refractivity contribution in [2.45, 2.75) is 25.8 Å². The summed E-state index contributed by atoms with van der Waals surface area (Å²) in [6.07, 6.45) is 2.97. The number of nitrogens with one attached hydrogen (secondary N) is 1. The molecule has 0 aromatic carbocycles. The lowest BCUT2D eigenvalue weighted by atomic mass is 10.1. The Bertz CT molecular complexity index is 466. The van der Waals surface area contributed by atoms with Gasteiger partial charge in [0.1, 0.15) is 11.9 Å². The molecule has 0 aliphatic heterocycles. The van der Waals surface area contributed by atoms with Gasteiger partial charge in [0, 0.05) is 18.7 Å². The molecule has 0 amide bonds. The topological polar surface area (TPSA) is 105 Å². The summed E-state index contributed by atoms with van der Waals surface area (Å²) in [4.78, 5) is 24.5. The van der Waals surface area contributed by atoms with E-state index in [-0.39, 0.29) is 18.2 Å². The van der Waals surface area contributed by atoms with Crippen LogP contribution in [0.2, 0.25) is 0 Å². The number of anilines is 1. The lowest BCUT2D eigenvalue weighted by Crippen LogP contribution is -2.18. The molecule has 1 heterocycles. The highest BCUT2D eigenvalue weighted by Gasteiger charge is 2.19. The molecule has 1 aromatic rings. The number of carboxylic acid groups (broad SMARTS) is 1. The molecular formula is C10H12BrN3O4. The highest BCUT2D eigenvalue weighted by atomic mass is 79.9. The Morgan fingerprint density at radius 2 is 2.33 bits per heavy atom. The second-order valence-electron chi connectivity index (χ2n) is 3.75. The fourth-order valence-corrected chi connectivity index (χ4v) is 1.80. The van der Waals surface area contributed by atoms with E-state index in [4.69, 9.17) is 5.11 Å². The van der Waals surface area contributed by atoms with E-state index in [0.29, 0.717) is 16.6 Å². The van der Waals surface area contributed by atoms with E-state index in [1.807, 2.05) is 0 Å². The minimum absolute atomic E-state index is 0.00463. The predicted octanol–water partition coefficient (Wildman–Crippen LogP) is 2.42. The summed E-state index contributed by atoms with van der Waals surface area (Å²) in [5.41, 5.74) is 0.166. The van der Waals surface area contributed by atoms with Crippen molar-refractivity contribution in [2.75, 3.05) is 5.32 Å². The Balaban J connectivity index is 2.83. The van der Waals surface area contributed by atoms with Gasteiger partial charge in [-0.2, -0.15) is 0 Å². The van der Waals surface area contributed by atoms with Gasteiger partial charge in [-0.25, -0.2) is 0 Å². The quantitative estimate of drug-likeness (QED) is 0.616. The lowest BCUT2D eigenvalue weighted by molar-refractivity contribution is -0.384. The number of nitrogens with zero attached hydrogens (tertiary/aromatic N) is 2. The van der Waals surface area contributed by atoms with Crippen LogP contribution >= 0.6 is 15.9 Å². The molecule has 1 atom stereocenters. The molecule has 0 bridgehead atoms. The average Bonchev–Trinajstić information content (AvgIpc) is 2.28. The number of nitro groups is 1. The smallest absolute Gasteiger partial charge is 0.311 e. The van der Waals surface area contributed by atoms with E-state index < -0.39 is 10.9 Å². The van der Waals surface area contributed by atoms with Crippen LogP contribution in [-0.2, 0) is 4.79 Å². The standard InChI is InChI=1S/C10H12BrN3O4/c1-6(2-3-9(15)16)13-10-7(11)4-12-5-8(10)14(17)18/h4-6H,2-3H2,1H3,(H,12,13)(H,15,16). The second kappa shape index (κ2) is 6.29. The van der Waals surface area contributed by atoms with Crippen LogP contribution < -0.4 is 5.32 Å². The van der Waals surface area contributed by atoms with Crippen molar-refractivity contribution in [2.24, 2.45) is 0 Å². The molecule has 0 saturated carbocycles. The Labute approximate surface area is 112 Å². The fraction of sp³-hybridized carbons (Fsp3) is 0.400. The van der Waals surface area contributed by atoms with Crippen molar-refractivity contribution in [3.63, 3.8) is 0 Å². The van der Waals surface area contributed by atoms with Gasteiger partial charge in [-0.3, -0.25) is 19.9 Å². The van der Waals surface area contributed by atoms with Gasteiger partial charge in [0.25, 0.3) is 0 Å². The number of carbonyl (C=O) groups is 1. The Hall–Kier alpha value is -1.70. The first-order valence-corrected chi connectivity index (χ1v) is 5.97. The van der Waals surface area contributed by atoms with Crippen molar-refractivity contribution in [1.82, 2.24) is 4.98 Å². The number of aromatic nitrogens is 1. The maximum atomic E-state index is 10.8. The van der Waals surface area contributed by atoms with Crippen LogP contribution in [0, 0.1) is 10.1 Å². The Morgan fingerprint density at radius 3 is 2.89 bits per heavy atom. The number of hydrogen-bond acceptors (Lipinski definition) is 5. The molecule has 7 nitrogen and oxygen atoms in total. The molecule has 1 rings (SSSR count). The van der Waals surface area contributed by atoms with Gasteiger partial charge >= 0.3 is 11.7 Å². The van der Waals surface area contributed by atoms with Gasteiger partial charge < -0.3 is 10.4 Å². The van der Waals surface area contributed by atoms with Gasteiger partial charge in [0.2, 0.25) is 0 Å². The van der Waals surface area contributed by atoms with Crippen molar-refractivity contribution in [3.05, 3.63) is 27.0 Å². The first-order chi connectivity index (χ1) is 8.41. The van der Waals surface area contributed by atoms with E-state index in [2.05, 4.69) is 26.2 Å². The number of rotatable bonds is 6. The second-order valence-corrected chi connectivity index (χ2v) is 4.60. The minimum atomic E-state index is -0.896. The van der Waals surface area contributed by atoms with Gasteiger partial charge in [-0.1, -0.05) is 0 Å². The number of pyridine rings is 1. The number of aliphatic carboxylic acids is 1. The third-order valence-corrected chi connectivity index (χ3v) is 2.86. The summed E-state index contributed by atoms with van der Waals surface area (Å²) >= 11 is 3.18. The van der Waals surface area contributed by atoms with Crippen molar-refractivity contribution in [3.8, 4) is 0 Å². The highest BCUT2D eigenvalue weighted by molar-refractivity contribution is 9.10. The van der Waals surface area contributed by atoms with Gasteiger partial charge in [-0.15, -0.1) is 0 Å². The molecule has 0 fully saturated rings. The molecule has 1 unspecified atom stereocenters. The van der Waals surface area contributed by atoms with E-state index in [1.165, 1.54) is 6.20 Å². The normalized spacial score (nSPS) is 11.9. The van der Waals surface area contributed by atoms with Crippen LogP contribution in [0.15, 0.2) is 16.9 Å². The van der Waals surface area contributed by atoms with Crippen molar-refractivity contribution < 1.29 is 14.8 Å². The summed E-state index contributed by atoms with van der Waals surface area (Å²) in [6.45, 7) is 1.76. The molecule has 2 N–H and O–H groups in total. The summed E-state index contributed by atoms with van der Waals surface area (Å²) < 4.78 is 0.471. The highest BCUT2D eigenvalue weighted by Crippen LogP contribution is 2.31. The van der Waals surface area contributed by atoms with Crippen LogP contribution in [-0.4, -0.2) is 27.0 Å². The van der Waals surface area contributed by atoms with E-state index >= 15 is 0 Å². The van der Waals surface area contributed by atoms with E-state index in [1.54, 1.807) is 6.92 Å². The summed E-state index contributed by atoms with van der Waals surface area (Å²) in [6, 6.07) is -0.196. The molecule has 98 valence electrons. The number of carboxylic acids is 1. The fourth-order valence-electron chi connectivity index (χ4n) is 1.36. The van der Waals surface area contributed by atoms with Crippen LogP contribution in [0.3, 0.4) is 0 Å². The summed E-state index contributed by atoms with van der Waals surface area (Å²) in [5, 5.41) is 22.3. The zero-order chi connectivity index (χ0) is 13.7. The van der Waals surface area contributed by atoms with Crippen molar-refractivity contribution in [1.29, 1.82) is 0 Å². The van der Waals surface area contributed by atoms with Crippen LogP contribution in [0.25, 0.3) is 0 Å². The molecule has 0 spiro atoms. The SMILES string of the molecule is CC(CCC(=O)O)Nc1c(Br)cncc1[N+](=O)[O-]. The summed E-state index contributed by atoms with van der Waals surface area (Å²) in [7, 11) is 0. The maximum Gasteiger partial charge on any atom is 0.311 e. The average molecular weight is 318 g/mol. The number of hydrogen-bond donors (Lipinski definition) is 2. The molecule has 0 saturated heterocycles. The monoisotopic (exact) mass is 317 g/mol. The van der Waals surface area contributed by atoms with Crippen LogP contribution in [0.1, 0.15) is 19.8 Å². The minimum Gasteiger partial charge on any atom is -0.481 e. The predicted molar refractivity (Wildman–Crippen MR) is 68.5 cm³/mol. The Morgan fingerprint density at radius 1 is 1.67 bits per heavy atom. The third kappa shape index (κ3) is 3.95. The maximum absolute atomic E-state index is 10.8. The zero-order valence-corrected chi connectivity index (χ0v) is 11.2. The van der Waals surface area contributed by atoms with E-state index in [0.717, 1.165) is 6.20 Å². The zero-order valence-electron chi connectivity index (χ0n) is 9.59. The van der Waals surface area contributed by atoms with Gasteiger partial charge in [-0.05, 0) is 29.3 Å². The van der Waals surface area contributed by atoms with Gasteiger partial charge in [0.15, 0.2) is 0 Å².